The molecule has 4 unspecified atom stereocenters. The van der Waals surface area contributed by atoms with Crippen LogP contribution in [0.15, 0.2) is 42.7 Å². The van der Waals surface area contributed by atoms with Gasteiger partial charge in [0.15, 0.2) is 0 Å². The van der Waals surface area contributed by atoms with Crippen LogP contribution in [0.3, 0.4) is 0 Å². The molecule has 1 aromatic heterocycles. The Morgan fingerprint density at radius 3 is 2.78 bits per heavy atom. The van der Waals surface area contributed by atoms with E-state index in [-0.39, 0.29) is 29.6 Å². The summed E-state index contributed by atoms with van der Waals surface area (Å²) < 4.78 is 21.0. The third-order valence-corrected chi connectivity index (χ3v) is 4.71. The summed E-state index contributed by atoms with van der Waals surface area (Å²) in [5.41, 5.74) is 0.484. The maximum absolute atomic E-state index is 12.2. The molecule has 0 bridgehead atoms. The van der Waals surface area contributed by atoms with Crippen LogP contribution in [0.5, 0.6) is 5.88 Å². The van der Waals surface area contributed by atoms with Gasteiger partial charge in [-0.25, -0.2) is 9.97 Å². The summed E-state index contributed by atoms with van der Waals surface area (Å²) in [5, 5.41) is 12.9. The Balaban J connectivity index is 1.57. The van der Waals surface area contributed by atoms with Crippen LogP contribution in [-0.4, -0.2) is 38.3 Å². The lowest BCUT2D eigenvalue weighted by Crippen LogP contribution is -2.26. The van der Waals surface area contributed by atoms with Crippen LogP contribution >= 0.6 is 8.25 Å². The molecular weight excluding hydrogens is 373 g/mol. The first-order valence-corrected chi connectivity index (χ1v) is 9.50. The first kappa shape index (κ1) is 19.3. The van der Waals surface area contributed by atoms with Gasteiger partial charge in [0, 0.05) is 22.1 Å². The molecule has 27 heavy (non-hydrogen) atoms. The zero-order valence-corrected chi connectivity index (χ0v) is 15.2. The van der Waals surface area contributed by atoms with E-state index in [1.54, 1.807) is 24.3 Å². The van der Waals surface area contributed by atoms with E-state index in [1.165, 1.54) is 12.4 Å². The summed E-state index contributed by atoms with van der Waals surface area (Å²) in [6.07, 6.45) is 1.26. The first-order valence-electron chi connectivity index (χ1n) is 8.37. The number of nitrogens with zero attached hydrogens (tertiary/aromatic N) is 2. The average molecular weight is 392 g/mol. The number of rotatable bonds is 7. The van der Waals surface area contributed by atoms with Crippen LogP contribution in [-0.2, 0) is 9.09 Å². The molecule has 2 aromatic rings. The topological polar surface area (TPSA) is 131 Å². The summed E-state index contributed by atoms with van der Waals surface area (Å²) in [5.74, 6) is -0.221. The fraction of sp³-hybridized carbons (Fsp3) is 0.353. The normalized spacial score (nSPS) is 20.7. The van der Waals surface area contributed by atoms with E-state index in [1.807, 2.05) is 6.07 Å². The molecule has 1 saturated carbocycles. The van der Waals surface area contributed by atoms with Gasteiger partial charge in [0.1, 0.15) is 18.2 Å². The number of hydrogen-bond donors (Lipinski definition) is 3. The second-order valence-electron chi connectivity index (χ2n) is 6.11. The van der Waals surface area contributed by atoms with Gasteiger partial charge in [-0.1, -0.05) is 18.2 Å². The van der Waals surface area contributed by atoms with Crippen LogP contribution in [0.4, 0.5) is 5.82 Å². The maximum atomic E-state index is 12.2. The molecule has 142 valence electrons. The minimum atomic E-state index is -2.66. The van der Waals surface area contributed by atoms with Crippen molar-refractivity contribution in [2.24, 2.45) is 5.92 Å². The number of carbonyl (C=O) groups excluding carboxylic acids is 1. The lowest BCUT2D eigenvalue weighted by molar-refractivity contribution is -0.0652. The van der Waals surface area contributed by atoms with E-state index in [2.05, 4.69) is 15.3 Å². The number of amides is 1. The molecule has 0 aliphatic heterocycles. The van der Waals surface area contributed by atoms with Crippen LogP contribution in [0, 0.1) is 5.92 Å². The van der Waals surface area contributed by atoms with Gasteiger partial charge in [-0.15, -0.1) is 9.42 Å². The fourth-order valence-corrected chi connectivity index (χ4v) is 3.37. The molecule has 1 aliphatic rings. The Morgan fingerprint density at radius 2 is 2.04 bits per heavy atom. The molecule has 4 atom stereocenters. The van der Waals surface area contributed by atoms with Crippen LogP contribution in [0.2, 0.25) is 0 Å². The van der Waals surface area contributed by atoms with Gasteiger partial charge in [0.25, 0.3) is 5.91 Å². The number of aromatic nitrogens is 2. The molecule has 10 heteroatoms. The van der Waals surface area contributed by atoms with Crippen molar-refractivity contribution < 1.29 is 28.6 Å². The van der Waals surface area contributed by atoms with Crippen molar-refractivity contribution >= 4 is 20.0 Å². The Bertz CT molecular complexity index is 806. The van der Waals surface area contributed by atoms with Crippen molar-refractivity contribution in [3.8, 4) is 5.88 Å². The van der Waals surface area contributed by atoms with Gasteiger partial charge < -0.3 is 15.2 Å². The van der Waals surface area contributed by atoms with Gasteiger partial charge in [0.05, 0.1) is 0 Å². The summed E-state index contributed by atoms with van der Waals surface area (Å²) in [7, 11) is -2.66. The molecule has 0 spiro atoms. The molecule has 1 aliphatic carbocycles. The number of ether oxygens (including phenoxy) is 1. The molecule has 9 nitrogen and oxygen atoms in total. The number of aliphatic hydroxyl groups is 1. The SMILES string of the molecule is O=C(Nc1cc(OC(O)C2CCC(O[P+](=O)O)C2)ncn1)c1ccccc1. The van der Waals surface area contributed by atoms with Gasteiger partial charge in [0.2, 0.25) is 12.2 Å². The zero-order chi connectivity index (χ0) is 19.2. The second-order valence-corrected chi connectivity index (χ2v) is 6.79. The molecular formula is C17H19N3O6P+. The summed E-state index contributed by atoms with van der Waals surface area (Å²) >= 11 is 0. The lowest BCUT2D eigenvalue weighted by atomic mass is 10.1. The van der Waals surface area contributed by atoms with Crippen molar-refractivity contribution in [1.29, 1.82) is 0 Å². The first-order chi connectivity index (χ1) is 13.0. The van der Waals surface area contributed by atoms with Crippen LogP contribution in [0.1, 0.15) is 29.6 Å². The number of aliphatic hydroxyl groups excluding tert-OH is 1. The molecule has 1 amide bonds. The third kappa shape index (κ3) is 5.51. The highest BCUT2D eigenvalue weighted by molar-refractivity contribution is 7.32. The zero-order valence-electron chi connectivity index (χ0n) is 14.3. The minimum absolute atomic E-state index is 0.110. The van der Waals surface area contributed by atoms with E-state index < -0.39 is 14.5 Å². The number of anilines is 1. The van der Waals surface area contributed by atoms with Crippen molar-refractivity contribution in [2.75, 3.05) is 5.32 Å². The highest BCUT2D eigenvalue weighted by Crippen LogP contribution is 2.35. The molecule has 1 aromatic carbocycles. The number of carbonyl (C=O) groups is 1. The molecule has 3 rings (SSSR count). The Labute approximate surface area is 156 Å². The number of benzene rings is 1. The van der Waals surface area contributed by atoms with E-state index in [0.29, 0.717) is 24.8 Å². The molecule has 1 fully saturated rings. The minimum Gasteiger partial charge on any atom is -0.448 e. The van der Waals surface area contributed by atoms with Crippen molar-refractivity contribution in [3.05, 3.63) is 48.3 Å². The predicted octanol–water partition coefficient (Wildman–Crippen LogP) is 2.26. The molecule has 0 saturated heterocycles. The van der Waals surface area contributed by atoms with Crippen molar-refractivity contribution in [3.63, 3.8) is 0 Å². The second kappa shape index (κ2) is 8.96. The monoisotopic (exact) mass is 392 g/mol. The largest absolute Gasteiger partial charge is 0.694 e. The van der Waals surface area contributed by atoms with Crippen molar-refractivity contribution in [2.45, 2.75) is 31.7 Å². The fourth-order valence-electron chi connectivity index (χ4n) is 2.93. The Morgan fingerprint density at radius 1 is 1.26 bits per heavy atom. The highest BCUT2D eigenvalue weighted by atomic mass is 31.1. The summed E-state index contributed by atoms with van der Waals surface area (Å²) in [6.45, 7) is 0. The quantitative estimate of drug-likeness (QED) is 0.483. The Kier molecular flexibility index (Phi) is 6.41. The molecule has 1 heterocycles. The van der Waals surface area contributed by atoms with Gasteiger partial charge in [-0.3, -0.25) is 4.79 Å². The van der Waals surface area contributed by atoms with E-state index in [9.17, 15) is 14.5 Å². The third-order valence-electron chi connectivity index (χ3n) is 4.23. The summed E-state index contributed by atoms with van der Waals surface area (Å²) in [4.78, 5) is 28.9. The lowest BCUT2D eigenvalue weighted by Gasteiger charge is -2.18. The summed E-state index contributed by atoms with van der Waals surface area (Å²) in [6, 6.07) is 10.1. The van der Waals surface area contributed by atoms with E-state index in [0.717, 1.165) is 0 Å². The van der Waals surface area contributed by atoms with Gasteiger partial charge in [-0.05, 0) is 31.4 Å². The number of nitrogens with one attached hydrogen (secondary N) is 1. The predicted molar refractivity (Wildman–Crippen MR) is 95.1 cm³/mol. The standard InChI is InChI=1S/C17H18N3O6P/c21-16(11-4-2-1-3-5-11)20-14-9-15(19-10-18-14)25-17(22)12-6-7-13(8-12)26-27(23)24/h1-5,9-10,12-13,17,22H,6-8H2,(H-,18,19,20,21,23,24)/p+1. The van der Waals surface area contributed by atoms with Crippen molar-refractivity contribution in [1.82, 2.24) is 9.97 Å². The van der Waals surface area contributed by atoms with E-state index >= 15 is 0 Å². The smallest absolute Gasteiger partial charge is 0.448 e. The number of hydrogen-bond acceptors (Lipinski definition) is 7. The Hall–Kier alpha value is -2.45. The molecule has 3 N–H and O–H groups in total. The molecule has 0 radical (unpaired) electrons. The van der Waals surface area contributed by atoms with Crippen LogP contribution in [0.25, 0.3) is 0 Å². The van der Waals surface area contributed by atoms with Gasteiger partial charge in [-0.2, -0.15) is 0 Å². The maximum Gasteiger partial charge on any atom is 0.694 e. The highest BCUT2D eigenvalue weighted by Gasteiger charge is 2.36. The average Bonchev–Trinajstić information content (AvgIpc) is 3.10. The van der Waals surface area contributed by atoms with Crippen LogP contribution < -0.4 is 10.1 Å². The van der Waals surface area contributed by atoms with Gasteiger partial charge >= 0.3 is 8.25 Å². The van der Waals surface area contributed by atoms with E-state index in [4.69, 9.17) is 14.2 Å².